The summed E-state index contributed by atoms with van der Waals surface area (Å²) < 4.78 is 0. The van der Waals surface area contributed by atoms with Gasteiger partial charge in [0.15, 0.2) is 5.96 Å². The minimum Gasteiger partial charge on any atom is -0.370 e. The van der Waals surface area contributed by atoms with Gasteiger partial charge in [-0.25, -0.2) is 4.99 Å². The number of amides is 1. The first-order valence-corrected chi connectivity index (χ1v) is 8.05. The highest BCUT2D eigenvalue weighted by molar-refractivity contribution is 7.10. The van der Waals surface area contributed by atoms with Crippen molar-refractivity contribution in [3.63, 3.8) is 0 Å². The molecule has 0 spiro atoms. The van der Waals surface area contributed by atoms with E-state index < -0.39 is 0 Å². The Labute approximate surface area is 133 Å². The molecule has 0 fully saturated rings. The van der Waals surface area contributed by atoms with Crippen molar-refractivity contribution in [2.45, 2.75) is 13.0 Å². The van der Waals surface area contributed by atoms with E-state index in [4.69, 9.17) is 5.73 Å². The molecule has 2 heterocycles. The molecule has 1 aliphatic heterocycles. The summed E-state index contributed by atoms with van der Waals surface area (Å²) in [5.41, 5.74) is 7.93. The first kappa shape index (κ1) is 14.6. The molecule has 1 aliphatic rings. The van der Waals surface area contributed by atoms with Crippen LogP contribution in [0.1, 0.15) is 10.4 Å². The highest BCUT2D eigenvalue weighted by atomic mass is 32.1. The van der Waals surface area contributed by atoms with E-state index in [1.807, 2.05) is 35.2 Å². The average molecular weight is 314 g/mol. The summed E-state index contributed by atoms with van der Waals surface area (Å²) >= 11 is 1.76. The summed E-state index contributed by atoms with van der Waals surface area (Å²) in [5, 5.41) is 5.05. The van der Waals surface area contributed by atoms with E-state index in [0.717, 1.165) is 18.7 Å². The van der Waals surface area contributed by atoms with Gasteiger partial charge in [-0.2, -0.15) is 0 Å². The standard InChI is InChI=1S/C16H18N4OS/c17-16(19-13-4-2-1-3-5-13)18-10-15(21)20-8-6-14-12(11-20)7-9-22-14/h1-5,7,9H,6,8,10-11H2,(H3,17,18,19). The maximum absolute atomic E-state index is 12.2. The zero-order valence-electron chi connectivity index (χ0n) is 12.2. The largest absolute Gasteiger partial charge is 0.370 e. The van der Waals surface area contributed by atoms with Crippen LogP contribution in [-0.4, -0.2) is 29.9 Å². The Hall–Kier alpha value is -2.34. The second kappa shape index (κ2) is 6.62. The molecule has 114 valence electrons. The minimum atomic E-state index is 0.00895. The van der Waals surface area contributed by atoms with E-state index in [0.29, 0.717) is 6.54 Å². The lowest BCUT2D eigenvalue weighted by Crippen LogP contribution is -2.37. The monoisotopic (exact) mass is 314 g/mol. The van der Waals surface area contributed by atoms with Crippen molar-refractivity contribution in [3.8, 4) is 0 Å². The number of nitrogens with one attached hydrogen (secondary N) is 1. The predicted molar refractivity (Wildman–Crippen MR) is 90.0 cm³/mol. The number of hydrogen-bond donors (Lipinski definition) is 2. The molecule has 0 saturated carbocycles. The van der Waals surface area contributed by atoms with Gasteiger partial charge in [0.2, 0.25) is 5.91 Å². The van der Waals surface area contributed by atoms with E-state index in [1.165, 1.54) is 10.4 Å². The van der Waals surface area contributed by atoms with E-state index in [2.05, 4.69) is 21.8 Å². The fourth-order valence-electron chi connectivity index (χ4n) is 2.42. The molecule has 0 aliphatic carbocycles. The zero-order valence-corrected chi connectivity index (χ0v) is 13.0. The quantitative estimate of drug-likeness (QED) is 0.673. The van der Waals surface area contributed by atoms with Gasteiger partial charge in [-0.3, -0.25) is 4.79 Å². The molecule has 3 rings (SSSR count). The topological polar surface area (TPSA) is 70.7 Å². The Morgan fingerprint density at radius 2 is 2.14 bits per heavy atom. The van der Waals surface area contributed by atoms with E-state index in [9.17, 15) is 4.79 Å². The fourth-order valence-corrected chi connectivity index (χ4v) is 3.31. The Morgan fingerprint density at radius 3 is 2.95 bits per heavy atom. The third-order valence-corrected chi connectivity index (χ3v) is 4.61. The summed E-state index contributed by atoms with van der Waals surface area (Å²) in [4.78, 5) is 19.6. The van der Waals surface area contributed by atoms with Crippen LogP contribution in [0.2, 0.25) is 0 Å². The number of rotatable bonds is 3. The van der Waals surface area contributed by atoms with E-state index in [-0.39, 0.29) is 18.4 Å². The van der Waals surface area contributed by atoms with Gasteiger partial charge >= 0.3 is 0 Å². The van der Waals surface area contributed by atoms with Gasteiger partial charge in [-0.05, 0) is 35.6 Å². The molecule has 0 atom stereocenters. The number of hydrogen-bond acceptors (Lipinski definition) is 3. The molecule has 1 aromatic carbocycles. The van der Waals surface area contributed by atoms with Gasteiger partial charge in [0.1, 0.15) is 6.54 Å². The third kappa shape index (κ3) is 3.46. The number of para-hydroxylation sites is 1. The highest BCUT2D eigenvalue weighted by Crippen LogP contribution is 2.23. The molecule has 0 bridgehead atoms. The van der Waals surface area contributed by atoms with Crippen molar-refractivity contribution in [1.29, 1.82) is 0 Å². The SMILES string of the molecule is NC(=NCC(=O)N1CCc2sccc2C1)Nc1ccccc1. The van der Waals surface area contributed by atoms with Gasteiger partial charge < -0.3 is 16.0 Å². The van der Waals surface area contributed by atoms with Crippen molar-refractivity contribution >= 4 is 28.9 Å². The summed E-state index contributed by atoms with van der Waals surface area (Å²) in [7, 11) is 0. The van der Waals surface area contributed by atoms with Gasteiger partial charge in [-0.15, -0.1) is 11.3 Å². The van der Waals surface area contributed by atoms with Gasteiger partial charge in [-0.1, -0.05) is 18.2 Å². The maximum atomic E-state index is 12.2. The highest BCUT2D eigenvalue weighted by Gasteiger charge is 2.20. The Bertz CT molecular complexity index is 680. The number of guanidine groups is 1. The number of nitrogens with two attached hydrogens (primary N) is 1. The van der Waals surface area contributed by atoms with Crippen LogP contribution in [0.3, 0.4) is 0 Å². The van der Waals surface area contributed by atoms with Crippen LogP contribution in [0, 0.1) is 0 Å². The van der Waals surface area contributed by atoms with Crippen LogP contribution in [-0.2, 0) is 17.8 Å². The summed E-state index contributed by atoms with van der Waals surface area (Å²) in [6, 6.07) is 11.6. The molecule has 5 nitrogen and oxygen atoms in total. The number of fused-ring (bicyclic) bond motifs is 1. The van der Waals surface area contributed by atoms with Crippen molar-refractivity contribution in [3.05, 3.63) is 52.2 Å². The van der Waals surface area contributed by atoms with Crippen LogP contribution in [0.25, 0.3) is 0 Å². The molecule has 2 aromatic rings. The van der Waals surface area contributed by atoms with Crippen LogP contribution in [0.5, 0.6) is 0 Å². The number of aliphatic imine (C=N–C) groups is 1. The lowest BCUT2D eigenvalue weighted by molar-refractivity contribution is -0.130. The molecule has 22 heavy (non-hydrogen) atoms. The van der Waals surface area contributed by atoms with Crippen LogP contribution < -0.4 is 11.1 Å². The number of nitrogens with zero attached hydrogens (tertiary/aromatic N) is 2. The predicted octanol–water partition coefficient (Wildman–Crippen LogP) is 2.06. The number of thiophene rings is 1. The molecular weight excluding hydrogens is 296 g/mol. The molecule has 3 N–H and O–H groups in total. The van der Waals surface area contributed by atoms with Crippen molar-refractivity contribution in [2.24, 2.45) is 10.7 Å². The van der Waals surface area contributed by atoms with Gasteiger partial charge in [0.25, 0.3) is 0 Å². The van der Waals surface area contributed by atoms with Gasteiger partial charge in [0.05, 0.1) is 0 Å². The van der Waals surface area contributed by atoms with Crippen LogP contribution >= 0.6 is 11.3 Å². The summed E-state index contributed by atoms with van der Waals surface area (Å²) in [6.07, 6.45) is 0.931. The molecule has 1 amide bonds. The van der Waals surface area contributed by atoms with E-state index in [1.54, 1.807) is 11.3 Å². The average Bonchev–Trinajstić information content (AvgIpc) is 3.01. The molecule has 1 aromatic heterocycles. The molecule has 0 unspecified atom stereocenters. The van der Waals surface area contributed by atoms with E-state index >= 15 is 0 Å². The zero-order chi connectivity index (χ0) is 15.4. The normalized spacial score (nSPS) is 14.5. The Morgan fingerprint density at radius 1 is 1.32 bits per heavy atom. The molecule has 6 heteroatoms. The first-order valence-electron chi connectivity index (χ1n) is 7.17. The van der Waals surface area contributed by atoms with Gasteiger partial charge in [0, 0.05) is 23.7 Å². The lowest BCUT2D eigenvalue weighted by atomic mass is 10.1. The second-order valence-electron chi connectivity index (χ2n) is 5.13. The minimum absolute atomic E-state index is 0.00895. The smallest absolute Gasteiger partial charge is 0.244 e. The van der Waals surface area contributed by atoms with Crippen molar-refractivity contribution in [1.82, 2.24) is 4.90 Å². The third-order valence-electron chi connectivity index (χ3n) is 3.59. The van der Waals surface area contributed by atoms with Crippen LogP contribution in [0.15, 0.2) is 46.8 Å². The second-order valence-corrected chi connectivity index (χ2v) is 6.13. The number of carbonyl (C=O) groups is 1. The molecule has 0 radical (unpaired) electrons. The molecular formula is C16H18N4OS. The summed E-state index contributed by atoms with van der Waals surface area (Å²) in [5.74, 6) is 0.266. The first-order chi connectivity index (χ1) is 10.7. The number of carbonyl (C=O) groups excluding carboxylic acids is 1. The maximum Gasteiger partial charge on any atom is 0.244 e. The summed E-state index contributed by atoms with van der Waals surface area (Å²) in [6.45, 7) is 1.51. The number of benzene rings is 1. The Balaban J connectivity index is 1.55. The van der Waals surface area contributed by atoms with Crippen molar-refractivity contribution < 1.29 is 4.79 Å². The lowest BCUT2D eigenvalue weighted by Gasteiger charge is -2.26. The van der Waals surface area contributed by atoms with Crippen LogP contribution in [0.4, 0.5) is 5.69 Å². The number of anilines is 1. The van der Waals surface area contributed by atoms with Crippen molar-refractivity contribution in [2.75, 3.05) is 18.4 Å². The fraction of sp³-hybridized carbons (Fsp3) is 0.250. The Kier molecular flexibility index (Phi) is 4.39. The molecule has 0 saturated heterocycles.